The molecule has 1 aromatic carbocycles. The van der Waals surface area contributed by atoms with Crippen molar-refractivity contribution in [2.24, 2.45) is 5.92 Å². The van der Waals surface area contributed by atoms with Crippen LogP contribution < -0.4 is 5.32 Å². The number of benzene rings is 1. The van der Waals surface area contributed by atoms with Crippen LogP contribution in [-0.2, 0) is 20.8 Å². The number of hydrogen-bond donors (Lipinski definition) is 1. The number of fused-ring (bicyclic) bond motifs is 1. The van der Waals surface area contributed by atoms with Crippen LogP contribution >= 0.6 is 0 Å². The monoisotopic (exact) mass is 388 g/mol. The van der Waals surface area contributed by atoms with E-state index in [9.17, 15) is 4.79 Å². The smallest absolute Gasteiger partial charge is 0.287 e. The van der Waals surface area contributed by atoms with E-state index in [4.69, 9.17) is 18.6 Å². The number of furan rings is 1. The van der Waals surface area contributed by atoms with E-state index in [2.05, 4.69) is 10.2 Å². The molecule has 152 valence electrons. The molecule has 1 aromatic heterocycles. The standard InChI is InChI=1S/C21H28N2O5/c1-25-14-17-16-4-2-3-5-19(16)28-20(17)21(24)22-12-18(15-6-9-27-13-15)23-7-10-26-11-8-23/h2-5,15,18H,6-14H2,1H3,(H,22,24). The number of ether oxygens (including phenoxy) is 3. The van der Waals surface area contributed by atoms with Gasteiger partial charge in [0, 0.05) is 56.3 Å². The van der Waals surface area contributed by atoms with Crippen LogP contribution in [0.1, 0.15) is 22.5 Å². The maximum atomic E-state index is 13.0. The van der Waals surface area contributed by atoms with Crippen molar-refractivity contribution in [3.8, 4) is 0 Å². The first-order valence-corrected chi connectivity index (χ1v) is 9.95. The maximum Gasteiger partial charge on any atom is 0.287 e. The molecule has 0 aliphatic carbocycles. The van der Waals surface area contributed by atoms with Crippen LogP contribution in [0.2, 0.25) is 0 Å². The minimum absolute atomic E-state index is 0.194. The normalized spacial score (nSPS) is 21.8. The number of nitrogens with zero attached hydrogens (tertiary/aromatic N) is 1. The lowest BCUT2D eigenvalue weighted by molar-refractivity contribution is 0.00159. The summed E-state index contributed by atoms with van der Waals surface area (Å²) in [7, 11) is 1.62. The number of amides is 1. The summed E-state index contributed by atoms with van der Waals surface area (Å²) in [6.45, 7) is 5.68. The van der Waals surface area contributed by atoms with E-state index < -0.39 is 0 Å². The zero-order valence-corrected chi connectivity index (χ0v) is 16.3. The highest BCUT2D eigenvalue weighted by Crippen LogP contribution is 2.27. The van der Waals surface area contributed by atoms with Crippen molar-refractivity contribution in [2.75, 3.05) is 53.2 Å². The van der Waals surface area contributed by atoms with Crippen LogP contribution in [0.25, 0.3) is 11.0 Å². The maximum absolute atomic E-state index is 13.0. The van der Waals surface area contributed by atoms with Crippen LogP contribution in [0.5, 0.6) is 0 Å². The van der Waals surface area contributed by atoms with Gasteiger partial charge in [0.05, 0.1) is 26.4 Å². The third-order valence-corrected chi connectivity index (χ3v) is 5.69. The van der Waals surface area contributed by atoms with Crippen LogP contribution in [0.15, 0.2) is 28.7 Å². The van der Waals surface area contributed by atoms with Gasteiger partial charge in [-0.15, -0.1) is 0 Å². The Hall–Kier alpha value is -1.93. The molecule has 3 heterocycles. The van der Waals surface area contributed by atoms with E-state index in [-0.39, 0.29) is 11.9 Å². The molecule has 28 heavy (non-hydrogen) atoms. The number of methoxy groups -OCH3 is 1. The molecule has 7 heteroatoms. The van der Waals surface area contributed by atoms with E-state index in [0.717, 1.165) is 56.9 Å². The molecule has 2 unspecified atom stereocenters. The predicted octanol–water partition coefficient (Wildman–Crippen LogP) is 2.05. The van der Waals surface area contributed by atoms with E-state index >= 15 is 0 Å². The van der Waals surface area contributed by atoms with Crippen molar-refractivity contribution in [3.63, 3.8) is 0 Å². The van der Waals surface area contributed by atoms with Gasteiger partial charge in [-0.25, -0.2) is 0 Å². The summed E-state index contributed by atoms with van der Waals surface area (Å²) >= 11 is 0. The van der Waals surface area contributed by atoms with Gasteiger partial charge in [0.2, 0.25) is 0 Å². The Balaban J connectivity index is 1.50. The Bertz CT molecular complexity index is 793. The number of rotatable bonds is 7. The topological polar surface area (TPSA) is 73.2 Å². The molecule has 2 fully saturated rings. The first-order valence-electron chi connectivity index (χ1n) is 9.95. The Kier molecular flexibility index (Phi) is 6.26. The molecule has 0 spiro atoms. The lowest BCUT2D eigenvalue weighted by atomic mass is 9.96. The van der Waals surface area contributed by atoms with Crippen LogP contribution in [-0.4, -0.2) is 70.0 Å². The lowest BCUT2D eigenvalue weighted by Crippen LogP contribution is -2.52. The van der Waals surface area contributed by atoms with E-state index in [0.29, 0.717) is 30.4 Å². The molecule has 1 amide bonds. The number of carbonyl (C=O) groups excluding carboxylic acids is 1. The van der Waals surface area contributed by atoms with Crippen molar-refractivity contribution in [3.05, 3.63) is 35.6 Å². The highest BCUT2D eigenvalue weighted by atomic mass is 16.5. The number of nitrogens with one attached hydrogen (secondary N) is 1. The largest absolute Gasteiger partial charge is 0.451 e. The minimum Gasteiger partial charge on any atom is -0.451 e. The molecule has 2 aromatic rings. The first kappa shape index (κ1) is 19.4. The highest BCUT2D eigenvalue weighted by Gasteiger charge is 2.32. The summed E-state index contributed by atoms with van der Waals surface area (Å²) in [5, 5.41) is 4.03. The Morgan fingerprint density at radius 2 is 2.07 bits per heavy atom. The average molecular weight is 388 g/mol. The third kappa shape index (κ3) is 4.07. The average Bonchev–Trinajstić information content (AvgIpc) is 3.38. The van der Waals surface area contributed by atoms with Gasteiger partial charge in [-0.3, -0.25) is 9.69 Å². The van der Waals surface area contributed by atoms with Gasteiger partial charge in [0.1, 0.15) is 5.58 Å². The molecule has 1 N–H and O–H groups in total. The summed E-state index contributed by atoms with van der Waals surface area (Å²) < 4.78 is 22.3. The Labute approximate surface area is 164 Å². The van der Waals surface area contributed by atoms with Gasteiger partial charge in [0.15, 0.2) is 5.76 Å². The molecule has 4 rings (SSSR count). The Morgan fingerprint density at radius 1 is 1.25 bits per heavy atom. The molecular weight excluding hydrogens is 360 g/mol. The molecule has 0 saturated carbocycles. The van der Waals surface area contributed by atoms with Crippen LogP contribution in [0.4, 0.5) is 0 Å². The van der Waals surface area contributed by atoms with E-state index in [1.165, 1.54) is 0 Å². The lowest BCUT2D eigenvalue weighted by Gasteiger charge is -2.37. The quantitative estimate of drug-likeness (QED) is 0.783. The van der Waals surface area contributed by atoms with Crippen LogP contribution in [0, 0.1) is 5.92 Å². The molecule has 7 nitrogen and oxygen atoms in total. The SMILES string of the molecule is COCc1c(C(=O)NCC(C2CCOC2)N2CCOCC2)oc2ccccc12. The van der Waals surface area contributed by atoms with Crippen molar-refractivity contribution in [1.29, 1.82) is 0 Å². The summed E-state index contributed by atoms with van der Waals surface area (Å²) in [5.74, 6) is 0.569. The molecule has 2 aliphatic heterocycles. The Morgan fingerprint density at radius 3 is 2.82 bits per heavy atom. The summed E-state index contributed by atoms with van der Waals surface area (Å²) in [4.78, 5) is 15.4. The fourth-order valence-electron chi connectivity index (χ4n) is 4.21. The second-order valence-electron chi connectivity index (χ2n) is 7.39. The predicted molar refractivity (Wildman–Crippen MR) is 104 cm³/mol. The molecule has 0 radical (unpaired) electrons. The third-order valence-electron chi connectivity index (χ3n) is 5.69. The van der Waals surface area contributed by atoms with Crippen LogP contribution in [0.3, 0.4) is 0 Å². The number of hydrogen-bond acceptors (Lipinski definition) is 6. The number of carbonyl (C=O) groups is 1. The van der Waals surface area contributed by atoms with Crippen molar-refractivity contribution >= 4 is 16.9 Å². The van der Waals surface area contributed by atoms with Gasteiger partial charge in [0.25, 0.3) is 5.91 Å². The molecule has 2 saturated heterocycles. The zero-order valence-electron chi connectivity index (χ0n) is 16.3. The molecule has 2 aliphatic rings. The van der Waals surface area contributed by atoms with Gasteiger partial charge in [-0.05, 0) is 12.5 Å². The van der Waals surface area contributed by atoms with E-state index in [1.54, 1.807) is 7.11 Å². The molecule has 0 bridgehead atoms. The van der Waals surface area contributed by atoms with Gasteiger partial charge in [-0.2, -0.15) is 0 Å². The summed E-state index contributed by atoms with van der Waals surface area (Å²) in [5.41, 5.74) is 1.50. The number of para-hydroxylation sites is 1. The van der Waals surface area contributed by atoms with Crippen molar-refractivity contribution < 1.29 is 23.4 Å². The minimum atomic E-state index is -0.194. The summed E-state index contributed by atoms with van der Waals surface area (Å²) in [6, 6.07) is 7.91. The summed E-state index contributed by atoms with van der Waals surface area (Å²) in [6.07, 6.45) is 1.03. The van der Waals surface area contributed by atoms with Gasteiger partial charge < -0.3 is 23.9 Å². The fraction of sp³-hybridized carbons (Fsp3) is 0.571. The molecule has 2 atom stereocenters. The fourth-order valence-corrected chi connectivity index (χ4v) is 4.21. The first-order chi connectivity index (χ1) is 13.8. The number of morpholine rings is 1. The zero-order chi connectivity index (χ0) is 19.3. The van der Waals surface area contributed by atoms with Gasteiger partial charge in [-0.1, -0.05) is 18.2 Å². The highest BCUT2D eigenvalue weighted by molar-refractivity contribution is 5.99. The molecular formula is C21H28N2O5. The van der Waals surface area contributed by atoms with Gasteiger partial charge >= 0.3 is 0 Å². The second kappa shape index (κ2) is 9.05. The van der Waals surface area contributed by atoms with Crippen molar-refractivity contribution in [1.82, 2.24) is 10.2 Å². The van der Waals surface area contributed by atoms with Crippen molar-refractivity contribution in [2.45, 2.75) is 19.1 Å². The van der Waals surface area contributed by atoms with E-state index in [1.807, 2.05) is 24.3 Å². The second-order valence-corrected chi connectivity index (χ2v) is 7.39.